The molecule has 4 rings (SSSR count). The molecule has 3 N–H and O–H groups in total. The predicted octanol–water partition coefficient (Wildman–Crippen LogP) is 1.12. The molecule has 0 aliphatic carbocycles. The van der Waals surface area contributed by atoms with E-state index in [0.29, 0.717) is 45.2 Å². The maximum absolute atomic E-state index is 13.0. The van der Waals surface area contributed by atoms with E-state index in [1.54, 1.807) is 9.80 Å². The number of benzene rings is 1. The number of aliphatic carboxylic acids is 1. The number of carbonyl (C=O) groups is 3. The Hall–Kier alpha value is -3.30. The van der Waals surface area contributed by atoms with Crippen LogP contribution in [0.5, 0.6) is 5.75 Å². The zero-order chi connectivity index (χ0) is 22.5. The maximum Gasteiger partial charge on any atom is 0.320 e. The summed E-state index contributed by atoms with van der Waals surface area (Å²) >= 11 is 0. The van der Waals surface area contributed by atoms with Gasteiger partial charge in [0, 0.05) is 45.6 Å². The van der Waals surface area contributed by atoms with Gasteiger partial charge in [0.25, 0.3) is 0 Å². The number of carboxylic acid groups (broad SMARTS) is 1. The molecule has 1 saturated heterocycles. The number of guanidine groups is 1. The van der Waals surface area contributed by atoms with Gasteiger partial charge in [-0.25, -0.2) is 4.79 Å². The predicted molar refractivity (Wildman–Crippen MR) is 117 cm³/mol. The Balaban J connectivity index is 1.33. The average Bonchev–Trinajstić information content (AvgIpc) is 3.39. The highest BCUT2D eigenvalue weighted by molar-refractivity contribution is 5.97. The van der Waals surface area contributed by atoms with Crippen LogP contribution in [-0.2, 0) is 16.0 Å². The first kappa shape index (κ1) is 21.9. The second-order valence-corrected chi connectivity index (χ2v) is 8.20. The van der Waals surface area contributed by atoms with E-state index >= 15 is 0 Å². The zero-order valence-corrected chi connectivity index (χ0v) is 18.0. The molecule has 3 heterocycles. The van der Waals surface area contributed by atoms with Crippen molar-refractivity contribution in [3.8, 4) is 5.75 Å². The molecular weight excluding hydrogens is 414 g/mol. The van der Waals surface area contributed by atoms with Gasteiger partial charge in [-0.3, -0.25) is 19.9 Å². The molecule has 3 aliphatic heterocycles. The fraction of sp³-hybridized carbons (Fsp3) is 0.545. The Bertz CT molecular complexity index is 918. The Labute approximate surface area is 186 Å². The normalized spacial score (nSPS) is 18.5. The van der Waals surface area contributed by atoms with Crippen molar-refractivity contribution in [2.45, 2.75) is 38.1 Å². The standard InChI is InChI=1S/C22H29N5O5/c28-19(25-21-23-7-2-8-24-21)3-1-9-26-10-11-27(22(26)31)17(14-20(29)30)16-5-4-15-6-12-32-18(15)13-16/h4-5,13,17H,1-3,6-12,14H2,(H,29,30)(H2,23,24,25,28). The van der Waals surface area contributed by atoms with Crippen LogP contribution in [0.3, 0.4) is 0 Å². The van der Waals surface area contributed by atoms with Gasteiger partial charge < -0.3 is 25.0 Å². The van der Waals surface area contributed by atoms with E-state index in [0.717, 1.165) is 36.3 Å². The van der Waals surface area contributed by atoms with Gasteiger partial charge in [-0.15, -0.1) is 0 Å². The first-order valence-corrected chi connectivity index (χ1v) is 11.1. The van der Waals surface area contributed by atoms with Crippen LogP contribution in [0.15, 0.2) is 23.2 Å². The molecule has 0 bridgehead atoms. The molecular formula is C22H29N5O5. The van der Waals surface area contributed by atoms with Crippen LogP contribution < -0.4 is 15.4 Å². The lowest BCUT2D eigenvalue weighted by atomic mass is 10.00. The topological polar surface area (TPSA) is 124 Å². The van der Waals surface area contributed by atoms with E-state index < -0.39 is 12.0 Å². The number of carboxylic acids is 1. The maximum atomic E-state index is 13.0. The van der Waals surface area contributed by atoms with Crippen LogP contribution >= 0.6 is 0 Å². The number of aliphatic imine (C=N–C) groups is 1. The van der Waals surface area contributed by atoms with Crippen molar-refractivity contribution < 1.29 is 24.2 Å². The summed E-state index contributed by atoms with van der Waals surface area (Å²) in [6.45, 7) is 3.51. The first-order valence-electron chi connectivity index (χ1n) is 11.1. The second-order valence-electron chi connectivity index (χ2n) is 8.20. The first-order chi connectivity index (χ1) is 15.5. The number of carbonyl (C=O) groups excluding carboxylic acids is 2. The van der Waals surface area contributed by atoms with E-state index in [2.05, 4.69) is 15.6 Å². The molecule has 0 aromatic heterocycles. The average molecular weight is 444 g/mol. The number of amides is 3. The lowest BCUT2D eigenvalue weighted by Crippen LogP contribution is -2.43. The monoisotopic (exact) mass is 443 g/mol. The highest BCUT2D eigenvalue weighted by Crippen LogP contribution is 2.34. The molecule has 32 heavy (non-hydrogen) atoms. The minimum absolute atomic E-state index is 0.136. The zero-order valence-electron chi connectivity index (χ0n) is 18.0. The minimum atomic E-state index is -0.960. The molecule has 1 aromatic carbocycles. The van der Waals surface area contributed by atoms with Crippen molar-refractivity contribution in [1.29, 1.82) is 0 Å². The molecule has 0 radical (unpaired) electrons. The molecule has 3 aliphatic rings. The van der Waals surface area contributed by atoms with Crippen molar-refractivity contribution in [3.63, 3.8) is 0 Å². The van der Waals surface area contributed by atoms with Crippen LogP contribution in [-0.4, -0.2) is 78.1 Å². The van der Waals surface area contributed by atoms with Gasteiger partial charge in [-0.2, -0.15) is 0 Å². The highest BCUT2D eigenvalue weighted by atomic mass is 16.5. The molecule has 10 nitrogen and oxygen atoms in total. The van der Waals surface area contributed by atoms with Crippen LogP contribution in [0.2, 0.25) is 0 Å². The van der Waals surface area contributed by atoms with Gasteiger partial charge in [0.05, 0.1) is 19.1 Å². The summed E-state index contributed by atoms with van der Waals surface area (Å²) in [5.41, 5.74) is 1.87. The third-order valence-electron chi connectivity index (χ3n) is 5.96. The highest BCUT2D eigenvalue weighted by Gasteiger charge is 2.35. The van der Waals surface area contributed by atoms with Crippen molar-refractivity contribution in [2.75, 3.05) is 39.3 Å². The molecule has 1 unspecified atom stereocenters. The fourth-order valence-electron chi connectivity index (χ4n) is 4.30. The molecule has 0 spiro atoms. The Kier molecular flexibility index (Phi) is 6.77. The van der Waals surface area contributed by atoms with Gasteiger partial charge >= 0.3 is 12.0 Å². The van der Waals surface area contributed by atoms with Crippen LogP contribution in [0, 0.1) is 0 Å². The van der Waals surface area contributed by atoms with E-state index in [-0.39, 0.29) is 24.8 Å². The number of nitrogens with zero attached hydrogens (tertiary/aromatic N) is 3. The minimum Gasteiger partial charge on any atom is -0.493 e. The smallest absolute Gasteiger partial charge is 0.320 e. The quantitative estimate of drug-likeness (QED) is 0.553. The third kappa shape index (κ3) is 5.12. The SMILES string of the molecule is O=C(O)CC(c1ccc2c(c1)OCC2)N1CCN(CCCC(=O)NC2=NCCCN2)C1=O. The number of ether oxygens (including phenoxy) is 1. The molecule has 3 amide bonds. The summed E-state index contributed by atoms with van der Waals surface area (Å²) in [5, 5.41) is 15.2. The van der Waals surface area contributed by atoms with Gasteiger partial charge in [-0.05, 0) is 30.0 Å². The summed E-state index contributed by atoms with van der Waals surface area (Å²) in [7, 11) is 0. The number of hydrogen-bond donors (Lipinski definition) is 3. The summed E-state index contributed by atoms with van der Waals surface area (Å²) in [6.07, 6.45) is 2.43. The van der Waals surface area contributed by atoms with E-state index in [4.69, 9.17) is 4.74 Å². The fourth-order valence-corrected chi connectivity index (χ4v) is 4.30. The van der Waals surface area contributed by atoms with Crippen molar-refractivity contribution >= 4 is 23.9 Å². The third-order valence-corrected chi connectivity index (χ3v) is 5.96. The van der Waals surface area contributed by atoms with Gasteiger partial charge in [0.2, 0.25) is 5.91 Å². The number of nitrogens with one attached hydrogen (secondary N) is 2. The van der Waals surface area contributed by atoms with Gasteiger partial charge in [0.15, 0.2) is 5.96 Å². The lowest BCUT2D eigenvalue weighted by Gasteiger charge is -2.27. The van der Waals surface area contributed by atoms with Crippen LogP contribution in [0.1, 0.15) is 42.9 Å². The molecule has 1 atom stereocenters. The number of rotatable bonds is 8. The van der Waals surface area contributed by atoms with Crippen LogP contribution in [0.4, 0.5) is 4.79 Å². The van der Waals surface area contributed by atoms with Gasteiger partial charge in [0.1, 0.15) is 5.75 Å². The van der Waals surface area contributed by atoms with E-state index in [9.17, 15) is 19.5 Å². The summed E-state index contributed by atoms with van der Waals surface area (Å²) in [6, 6.07) is 4.95. The molecule has 10 heteroatoms. The molecule has 0 saturated carbocycles. The number of urea groups is 1. The number of hydrogen-bond acceptors (Lipinski definition) is 6. The summed E-state index contributed by atoms with van der Waals surface area (Å²) in [4.78, 5) is 44.2. The second kappa shape index (κ2) is 9.88. The van der Waals surface area contributed by atoms with Crippen LogP contribution in [0.25, 0.3) is 0 Å². The van der Waals surface area contributed by atoms with Crippen molar-refractivity contribution in [1.82, 2.24) is 20.4 Å². The van der Waals surface area contributed by atoms with E-state index in [1.165, 1.54) is 0 Å². The summed E-state index contributed by atoms with van der Waals surface area (Å²) in [5.74, 6) is 0.186. The van der Waals surface area contributed by atoms with Crippen molar-refractivity contribution in [2.24, 2.45) is 4.99 Å². The largest absolute Gasteiger partial charge is 0.493 e. The van der Waals surface area contributed by atoms with Gasteiger partial charge in [-0.1, -0.05) is 12.1 Å². The Morgan fingerprint density at radius 3 is 2.97 bits per heavy atom. The Morgan fingerprint density at radius 1 is 1.31 bits per heavy atom. The lowest BCUT2D eigenvalue weighted by molar-refractivity contribution is -0.138. The molecule has 1 fully saturated rings. The summed E-state index contributed by atoms with van der Waals surface area (Å²) < 4.78 is 5.62. The van der Waals surface area contributed by atoms with Crippen molar-refractivity contribution in [3.05, 3.63) is 29.3 Å². The number of fused-ring (bicyclic) bond motifs is 1. The van der Waals surface area contributed by atoms with E-state index in [1.807, 2.05) is 18.2 Å². The molecule has 1 aromatic rings. The molecule has 172 valence electrons. The Morgan fingerprint density at radius 2 is 2.19 bits per heavy atom.